The molecule has 4 heteroatoms. The largest absolute Gasteiger partial charge is 0.469 e. The highest BCUT2D eigenvalue weighted by atomic mass is 32.1. The van der Waals surface area contributed by atoms with E-state index < -0.39 is 0 Å². The fourth-order valence-electron chi connectivity index (χ4n) is 1.59. The molecule has 0 aromatic heterocycles. The van der Waals surface area contributed by atoms with Crippen molar-refractivity contribution in [3.05, 3.63) is 0 Å². The van der Waals surface area contributed by atoms with Gasteiger partial charge in [-0.1, -0.05) is 19.3 Å². The van der Waals surface area contributed by atoms with E-state index in [0.29, 0.717) is 17.8 Å². The molecule has 1 aliphatic carbocycles. The molecule has 0 radical (unpaired) electrons. The monoisotopic (exact) mass is 203 g/mol. The second kappa shape index (κ2) is 6.16. The highest BCUT2D eigenvalue weighted by Gasteiger charge is 2.13. The molecule has 1 aliphatic rings. The van der Waals surface area contributed by atoms with E-state index in [1.165, 1.54) is 32.1 Å². The first kappa shape index (κ1) is 10.7. The van der Waals surface area contributed by atoms with Crippen molar-refractivity contribution in [2.24, 2.45) is 0 Å². The molecule has 0 heterocycles. The van der Waals surface area contributed by atoms with Crippen LogP contribution in [0.3, 0.4) is 0 Å². The number of thiocarbonyl (C=S) groups is 1. The van der Waals surface area contributed by atoms with E-state index in [9.17, 15) is 0 Å². The fourth-order valence-corrected chi connectivity index (χ4v) is 1.84. The van der Waals surface area contributed by atoms with E-state index in [2.05, 4.69) is 5.32 Å². The van der Waals surface area contributed by atoms with Gasteiger partial charge in [-0.15, -0.1) is 0 Å². The van der Waals surface area contributed by atoms with Gasteiger partial charge >= 0.3 is 0 Å². The molecule has 0 saturated heterocycles. The topological polar surface area (TPSA) is 41.5 Å². The van der Waals surface area contributed by atoms with E-state index in [1.807, 2.05) is 0 Å². The minimum Gasteiger partial charge on any atom is -0.469 e. The number of ether oxygens (including phenoxy) is 1. The molecule has 0 bridgehead atoms. The molecule has 1 fully saturated rings. The summed E-state index contributed by atoms with van der Waals surface area (Å²) in [6, 6.07) is 0.486. The molecular formula is C9H17NO2S. The first-order valence-corrected chi connectivity index (χ1v) is 5.28. The van der Waals surface area contributed by atoms with Gasteiger partial charge in [-0.05, 0) is 25.1 Å². The van der Waals surface area contributed by atoms with Gasteiger partial charge in [0.15, 0.2) is 0 Å². The Kier molecular flexibility index (Phi) is 5.08. The Morgan fingerprint density at radius 1 is 1.38 bits per heavy atom. The van der Waals surface area contributed by atoms with Crippen LogP contribution in [0, 0.1) is 0 Å². The Bertz CT molecular complexity index is 158. The van der Waals surface area contributed by atoms with E-state index >= 15 is 0 Å². The summed E-state index contributed by atoms with van der Waals surface area (Å²) in [7, 11) is 0. The van der Waals surface area contributed by atoms with Crippen molar-refractivity contribution in [1.82, 2.24) is 5.32 Å². The third-order valence-electron chi connectivity index (χ3n) is 2.25. The first-order chi connectivity index (χ1) is 6.33. The van der Waals surface area contributed by atoms with Gasteiger partial charge in [0.05, 0.1) is 6.61 Å². The van der Waals surface area contributed by atoms with Crippen LogP contribution in [0.1, 0.15) is 32.1 Å². The summed E-state index contributed by atoms with van der Waals surface area (Å²) in [6.07, 6.45) is 6.26. The molecule has 0 unspecified atom stereocenters. The van der Waals surface area contributed by atoms with E-state index in [4.69, 9.17) is 22.1 Å². The van der Waals surface area contributed by atoms with Crippen LogP contribution < -0.4 is 5.32 Å². The summed E-state index contributed by atoms with van der Waals surface area (Å²) < 4.78 is 5.06. The lowest BCUT2D eigenvalue weighted by Gasteiger charge is -2.23. The van der Waals surface area contributed by atoms with Crippen LogP contribution in [0.15, 0.2) is 0 Å². The maximum absolute atomic E-state index is 8.51. The van der Waals surface area contributed by atoms with Gasteiger partial charge in [0.25, 0.3) is 5.17 Å². The second-order valence-electron chi connectivity index (χ2n) is 3.34. The van der Waals surface area contributed by atoms with Crippen molar-refractivity contribution in [2.75, 3.05) is 13.2 Å². The van der Waals surface area contributed by atoms with E-state index in [1.54, 1.807) is 0 Å². The van der Waals surface area contributed by atoms with Crippen LogP contribution in [-0.4, -0.2) is 29.5 Å². The summed E-state index contributed by atoms with van der Waals surface area (Å²) in [5, 5.41) is 12.1. The molecular weight excluding hydrogens is 186 g/mol. The first-order valence-electron chi connectivity index (χ1n) is 4.87. The minimum absolute atomic E-state index is 0.0203. The quantitative estimate of drug-likeness (QED) is 0.676. The highest BCUT2D eigenvalue weighted by Crippen LogP contribution is 2.17. The number of aliphatic hydroxyl groups is 1. The smallest absolute Gasteiger partial charge is 0.256 e. The molecule has 76 valence electrons. The second-order valence-corrected chi connectivity index (χ2v) is 3.71. The third-order valence-corrected chi connectivity index (χ3v) is 2.49. The number of rotatable bonds is 3. The van der Waals surface area contributed by atoms with Crippen LogP contribution >= 0.6 is 12.2 Å². The summed E-state index contributed by atoms with van der Waals surface area (Å²) in [6.45, 7) is 0.311. The summed E-state index contributed by atoms with van der Waals surface area (Å²) >= 11 is 4.96. The van der Waals surface area contributed by atoms with Gasteiger partial charge in [0.1, 0.15) is 6.61 Å². The standard InChI is InChI=1S/C9H17NO2S/c11-6-7-12-9(13)10-8-4-2-1-3-5-8/h8,11H,1-7H2,(H,10,13). The maximum atomic E-state index is 8.51. The molecule has 1 rings (SSSR count). The van der Waals surface area contributed by atoms with Crippen molar-refractivity contribution in [1.29, 1.82) is 0 Å². The van der Waals surface area contributed by atoms with E-state index in [0.717, 1.165) is 0 Å². The molecule has 0 atom stereocenters. The zero-order valence-corrected chi connectivity index (χ0v) is 8.61. The van der Waals surface area contributed by atoms with Crippen molar-refractivity contribution in [3.63, 3.8) is 0 Å². The van der Waals surface area contributed by atoms with Crippen LogP contribution in [-0.2, 0) is 4.74 Å². The predicted octanol–water partition coefficient (Wildman–Crippen LogP) is 1.20. The Balaban J connectivity index is 2.11. The number of hydrogen-bond acceptors (Lipinski definition) is 3. The zero-order valence-electron chi connectivity index (χ0n) is 7.79. The van der Waals surface area contributed by atoms with Crippen molar-refractivity contribution in [3.8, 4) is 0 Å². The Morgan fingerprint density at radius 2 is 2.08 bits per heavy atom. The molecule has 0 aliphatic heterocycles. The SMILES string of the molecule is OCCOC(=S)NC1CCCCC1. The normalized spacial score (nSPS) is 18.2. The molecule has 0 amide bonds. The third kappa shape index (κ3) is 4.43. The molecule has 3 nitrogen and oxygen atoms in total. The lowest BCUT2D eigenvalue weighted by atomic mass is 9.96. The molecule has 0 spiro atoms. The predicted molar refractivity (Wildman–Crippen MR) is 55.6 cm³/mol. The maximum Gasteiger partial charge on any atom is 0.256 e. The Labute approximate surface area is 84.5 Å². The lowest BCUT2D eigenvalue weighted by Crippen LogP contribution is -2.36. The highest BCUT2D eigenvalue weighted by molar-refractivity contribution is 7.80. The molecule has 1 saturated carbocycles. The van der Waals surface area contributed by atoms with Crippen LogP contribution in [0.2, 0.25) is 0 Å². The van der Waals surface area contributed by atoms with Gasteiger partial charge in [-0.2, -0.15) is 0 Å². The van der Waals surface area contributed by atoms with E-state index in [-0.39, 0.29) is 6.61 Å². The Morgan fingerprint density at radius 3 is 2.69 bits per heavy atom. The van der Waals surface area contributed by atoms with Crippen molar-refractivity contribution in [2.45, 2.75) is 38.1 Å². The lowest BCUT2D eigenvalue weighted by molar-refractivity contribution is 0.189. The van der Waals surface area contributed by atoms with Gasteiger partial charge in [-0.3, -0.25) is 0 Å². The van der Waals surface area contributed by atoms with Crippen LogP contribution in [0.5, 0.6) is 0 Å². The van der Waals surface area contributed by atoms with Gasteiger partial charge < -0.3 is 15.2 Å². The molecule has 13 heavy (non-hydrogen) atoms. The molecule has 2 N–H and O–H groups in total. The summed E-state index contributed by atoms with van der Waals surface area (Å²) in [5.74, 6) is 0. The van der Waals surface area contributed by atoms with Gasteiger partial charge in [0.2, 0.25) is 0 Å². The Hall–Kier alpha value is -0.350. The minimum atomic E-state index is 0.0203. The molecule has 0 aromatic carbocycles. The number of nitrogens with one attached hydrogen (secondary N) is 1. The van der Waals surface area contributed by atoms with Crippen LogP contribution in [0.25, 0.3) is 0 Å². The number of aliphatic hydroxyl groups excluding tert-OH is 1. The van der Waals surface area contributed by atoms with Crippen molar-refractivity contribution < 1.29 is 9.84 Å². The van der Waals surface area contributed by atoms with Crippen LogP contribution in [0.4, 0.5) is 0 Å². The fraction of sp³-hybridized carbons (Fsp3) is 0.889. The van der Waals surface area contributed by atoms with Gasteiger partial charge in [0, 0.05) is 6.04 Å². The average molecular weight is 203 g/mol. The van der Waals surface area contributed by atoms with Crippen molar-refractivity contribution >= 4 is 17.4 Å². The zero-order chi connectivity index (χ0) is 9.52. The summed E-state index contributed by atoms with van der Waals surface area (Å²) in [4.78, 5) is 0. The molecule has 0 aromatic rings. The number of hydrogen-bond donors (Lipinski definition) is 2. The summed E-state index contributed by atoms with van der Waals surface area (Å²) in [5.41, 5.74) is 0. The van der Waals surface area contributed by atoms with Gasteiger partial charge in [-0.25, -0.2) is 0 Å². The average Bonchev–Trinajstić information content (AvgIpc) is 2.16.